The Bertz CT molecular complexity index is 1770. The van der Waals surface area contributed by atoms with E-state index in [1.807, 2.05) is 0 Å². The second kappa shape index (κ2) is 33.8. The number of unbranched alkanes of at least 4 members (excludes halogenated alkanes) is 1. The van der Waals surface area contributed by atoms with Crippen molar-refractivity contribution in [2.24, 2.45) is 40.7 Å². The third kappa shape index (κ3) is 27.0. The lowest BCUT2D eigenvalue weighted by Gasteiger charge is -2.29. The first-order valence-electron chi connectivity index (χ1n) is 23.4. The summed E-state index contributed by atoms with van der Waals surface area (Å²) in [5, 5.41) is 40.1. The van der Waals surface area contributed by atoms with E-state index in [1.165, 1.54) is 18.7 Å². The molecule has 400 valence electrons. The quantitative estimate of drug-likeness (QED) is 0.0270. The molecule has 0 radical (unpaired) electrons. The Kier molecular flexibility index (Phi) is 31.1. The number of hydrogen-bond donors (Lipinski definition) is 14. The largest absolute Gasteiger partial charge is 0.480 e. The highest BCUT2D eigenvalue weighted by molar-refractivity contribution is 7.98. The summed E-state index contributed by atoms with van der Waals surface area (Å²) in [5.41, 5.74) is 22.0. The number of carbonyl (C=O) groups is 11. The third-order valence-electron chi connectivity index (χ3n) is 10.4. The fourth-order valence-electron chi connectivity index (χ4n) is 6.75. The minimum atomic E-state index is -1.68. The number of thioether (sulfide) groups is 1. The van der Waals surface area contributed by atoms with Crippen molar-refractivity contribution in [3.63, 3.8) is 0 Å². The van der Waals surface area contributed by atoms with Gasteiger partial charge in [-0.1, -0.05) is 41.5 Å². The number of aliphatic carboxylic acids is 1. The first kappa shape index (κ1) is 64.4. The zero-order valence-electron chi connectivity index (χ0n) is 41.7. The molecule has 0 aliphatic rings. The second-order valence-corrected chi connectivity index (χ2v) is 19.4. The highest BCUT2D eigenvalue weighted by Crippen LogP contribution is 2.12. The van der Waals surface area contributed by atoms with E-state index in [0.717, 1.165) is 0 Å². The van der Waals surface area contributed by atoms with Gasteiger partial charge in [0.2, 0.25) is 59.1 Å². The predicted octanol–water partition coefficient (Wildman–Crippen LogP) is -3.55. The van der Waals surface area contributed by atoms with E-state index in [4.69, 9.17) is 22.9 Å². The van der Waals surface area contributed by atoms with Crippen molar-refractivity contribution in [1.82, 2.24) is 42.5 Å². The molecule has 0 rings (SSSR count). The summed E-state index contributed by atoms with van der Waals surface area (Å²) in [4.78, 5) is 142. The molecule has 9 atom stereocenters. The molecule has 0 aromatic carbocycles. The zero-order chi connectivity index (χ0) is 53.8. The van der Waals surface area contributed by atoms with Crippen LogP contribution in [0.15, 0.2) is 0 Å². The van der Waals surface area contributed by atoms with E-state index < -0.39 is 132 Å². The van der Waals surface area contributed by atoms with Crippen molar-refractivity contribution < 1.29 is 63.0 Å². The minimum absolute atomic E-state index is 0.00117. The number of rotatable bonds is 36. The van der Waals surface area contributed by atoms with E-state index in [2.05, 4.69) is 42.5 Å². The molecule has 0 saturated heterocycles. The van der Waals surface area contributed by atoms with Gasteiger partial charge >= 0.3 is 5.97 Å². The maximum Gasteiger partial charge on any atom is 0.326 e. The van der Waals surface area contributed by atoms with Crippen molar-refractivity contribution in [3.05, 3.63) is 0 Å². The number of hydrogen-bond acceptors (Lipinski definition) is 15. The van der Waals surface area contributed by atoms with Gasteiger partial charge in [0.25, 0.3) is 0 Å². The average molecular weight is 1020 g/mol. The monoisotopic (exact) mass is 1020 g/mol. The van der Waals surface area contributed by atoms with Crippen LogP contribution < -0.4 is 65.5 Å². The number of nitrogens with two attached hydrogens (primary N) is 4. The summed E-state index contributed by atoms with van der Waals surface area (Å²) in [7, 11) is 0. The van der Waals surface area contributed by atoms with E-state index in [1.54, 1.807) is 47.8 Å². The fraction of sp³-hybridized carbons (Fsp3) is 0.750. The highest BCUT2D eigenvalue weighted by atomic mass is 32.2. The summed E-state index contributed by atoms with van der Waals surface area (Å²) < 4.78 is 0. The summed E-state index contributed by atoms with van der Waals surface area (Å²) in [5.74, 6) is -10.1. The summed E-state index contributed by atoms with van der Waals surface area (Å²) in [6, 6.07) is -10.8. The number of amides is 10. The van der Waals surface area contributed by atoms with Gasteiger partial charge in [0, 0.05) is 6.42 Å². The molecule has 0 aliphatic heterocycles. The summed E-state index contributed by atoms with van der Waals surface area (Å²) in [6.45, 7) is 11.3. The van der Waals surface area contributed by atoms with Crippen molar-refractivity contribution in [3.8, 4) is 0 Å². The lowest BCUT2D eigenvalue weighted by molar-refractivity contribution is -0.142. The molecule has 25 nitrogen and oxygen atoms in total. The van der Waals surface area contributed by atoms with Gasteiger partial charge in [0.15, 0.2) is 0 Å². The lowest BCUT2D eigenvalue weighted by Crippen LogP contribution is -2.61. The first-order valence-corrected chi connectivity index (χ1v) is 24.8. The zero-order valence-corrected chi connectivity index (χ0v) is 42.5. The molecule has 26 heteroatoms. The molecule has 10 amide bonds. The number of aliphatic hydroxyl groups is 1. The topological polar surface area (TPSA) is 429 Å². The smallest absolute Gasteiger partial charge is 0.326 e. The Balaban J connectivity index is 6.18. The molecule has 0 heterocycles. The third-order valence-corrected chi connectivity index (χ3v) is 11.1. The van der Waals surface area contributed by atoms with Gasteiger partial charge in [0.05, 0.1) is 25.1 Å². The van der Waals surface area contributed by atoms with E-state index in [-0.39, 0.29) is 62.7 Å². The summed E-state index contributed by atoms with van der Waals surface area (Å²) >= 11 is 1.40. The molecule has 0 unspecified atom stereocenters. The lowest BCUT2D eigenvalue weighted by atomic mass is 10.00. The molecule has 0 saturated carbocycles. The Morgan fingerprint density at radius 3 is 1.44 bits per heavy atom. The van der Waals surface area contributed by atoms with Gasteiger partial charge in [-0.3, -0.25) is 47.9 Å². The van der Waals surface area contributed by atoms with Crippen LogP contribution in [0.25, 0.3) is 0 Å². The van der Waals surface area contributed by atoms with Gasteiger partial charge in [-0.15, -0.1) is 0 Å². The standard InChI is InChI=1S/C44H80N12O13S/c1-22(2)17-29(50-35(60)21-49-38(62)32(20-34(48)59)54-41(65)30(18-23(3)4)53-37(61)26(46)12-13-33(47)58)42(66)56-36(25(7)57)43(67)55-31(19-24(5)6)40(64)51-27(11-9-10-15-45)39(63)52-28(44(68)69)14-16-70-8/h22-32,36,57H,9-21,45-46H2,1-8H3,(H2,47,58)(H2,48,59)(H,49,62)(H,50,60)(H,51,64)(H,52,63)(H,53,61)(H,54,65)(H,55,67)(H,56,66)(H,68,69)/t25-,26+,27+,28+,29+,30+,31+,32+,36+/m1/s1. The molecule has 0 bridgehead atoms. The van der Waals surface area contributed by atoms with E-state index in [0.29, 0.717) is 25.1 Å². The van der Waals surface area contributed by atoms with Crippen LogP contribution >= 0.6 is 11.8 Å². The van der Waals surface area contributed by atoms with Crippen LogP contribution in [0.5, 0.6) is 0 Å². The maximum absolute atomic E-state index is 13.8. The number of nitrogens with one attached hydrogen (secondary N) is 8. The van der Waals surface area contributed by atoms with Crippen LogP contribution in [-0.2, 0) is 52.7 Å². The van der Waals surface area contributed by atoms with Crippen molar-refractivity contribution in [1.29, 1.82) is 0 Å². The van der Waals surface area contributed by atoms with Crippen LogP contribution in [0.2, 0.25) is 0 Å². The SMILES string of the molecule is CSCC[C@H](NC(=O)[C@H](CCCCN)NC(=O)[C@H](CC(C)C)NC(=O)[C@@H](NC(=O)[C@H](CC(C)C)NC(=O)CNC(=O)[C@H](CC(N)=O)NC(=O)[C@H](CC(C)C)NC(=O)[C@@H](N)CCC(N)=O)[C@@H](C)O)C(=O)O. The van der Waals surface area contributed by atoms with Crippen LogP contribution in [0.4, 0.5) is 0 Å². The predicted molar refractivity (Wildman–Crippen MR) is 260 cm³/mol. The first-order chi connectivity index (χ1) is 32.6. The van der Waals surface area contributed by atoms with Crippen LogP contribution in [-0.4, -0.2) is 155 Å². The minimum Gasteiger partial charge on any atom is -0.480 e. The Morgan fingerprint density at radius 1 is 0.529 bits per heavy atom. The number of carbonyl (C=O) groups excluding carboxylic acids is 10. The average Bonchev–Trinajstić information content (AvgIpc) is 3.25. The molecule has 0 aromatic heterocycles. The number of aliphatic hydroxyl groups excluding tert-OH is 1. The number of primary amides is 2. The van der Waals surface area contributed by atoms with Gasteiger partial charge < -0.3 is 75.7 Å². The molecule has 18 N–H and O–H groups in total. The van der Waals surface area contributed by atoms with Crippen LogP contribution in [0, 0.1) is 17.8 Å². The molecule has 0 fully saturated rings. The molecule has 70 heavy (non-hydrogen) atoms. The van der Waals surface area contributed by atoms with E-state index >= 15 is 0 Å². The Hall–Kier alpha value is -5.60. The fourth-order valence-corrected chi connectivity index (χ4v) is 7.23. The maximum atomic E-state index is 13.8. The van der Waals surface area contributed by atoms with Crippen LogP contribution in [0.1, 0.15) is 113 Å². The highest BCUT2D eigenvalue weighted by Gasteiger charge is 2.35. The number of carboxylic acid groups (broad SMARTS) is 1. The number of carboxylic acids is 1. The van der Waals surface area contributed by atoms with Gasteiger partial charge in [-0.25, -0.2) is 4.79 Å². The summed E-state index contributed by atoms with van der Waals surface area (Å²) in [6.07, 6.45) is 0.516. The Morgan fingerprint density at radius 2 is 0.986 bits per heavy atom. The van der Waals surface area contributed by atoms with Crippen molar-refractivity contribution in [2.75, 3.05) is 25.1 Å². The Labute approximate surface area is 414 Å². The molecule has 0 aliphatic carbocycles. The molecule has 0 spiro atoms. The van der Waals surface area contributed by atoms with Gasteiger partial charge in [0.1, 0.15) is 42.3 Å². The molecular formula is C44H80N12O13S. The van der Waals surface area contributed by atoms with Crippen LogP contribution in [0.3, 0.4) is 0 Å². The second-order valence-electron chi connectivity index (χ2n) is 18.4. The van der Waals surface area contributed by atoms with Crippen molar-refractivity contribution in [2.45, 2.75) is 167 Å². The van der Waals surface area contributed by atoms with Gasteiger partial charge in [-0.2, -0.15) is 11.8 Å². The molecular weight excluding hydrogens is 937 g/mol. The molecule has 0 aromatic rings. The van der Waals surface area contributed by atoms with E-state index in [9.17, 15) is 63.0 Å². The van der Waals surface area contributed by atoms with Gasteiger partial charge in [-0.05, 0) is 94.6 Å². The van der Waals surface area contributed by atoms with Crippen molar-refractivity contribution >= 4 is 76.8 Å². The normalized spacial score (nSPS) is 15.1.